The molecule has 0 unspecified atom stereocenters. The summed E-state index contributed by atoms with van der Waals surface area (Å²) in [7, 11) is 0. The maximum Gasteiger partial charge on any atom is 0.134 e. The SMILES string of the molecule is C=Cc1cnc(Cl)c(CCl)c1C=C. The van der Waals surface area contributed by atoms with E-state index in [9.17, 15) is 0 Å². The van der Waals surface area contributed by atoms with Crippen molar-refractivity contribution in [1.82, 2.24) is 4.98 Å². The standard InChI is InChI=1S/C10H9Cl2N/c1-3-7-6-13-10(12)9(5-11)8(7)4-2/h3-4,6H,1-2,5H2. The van der Waals surface area contributed by atoms with E-state index in [4.69, 9.17) is 23.2 Å². The average molecular weight is 214 g/mol. The first-order valence-corrected chi connectivity index (χ1v) is 4.64. The highest BCUT2D eigenvalue weighted by atomic mass is 35.5. The maximum absolute atomic E-state index is 5.86. The Bertz CT molecular complexity index is 345. The van der Waals surface area contributed by atoms with Crippen LogP contribution >= 0.6 is 23.2 Å². The van der Waals surface area contributed by atoms with Crippen LogP contribution in [0.1, 0.15) is 16.7 Å². The quantitative estimate of drug-likeness (QED) is 0.551. The monoisotopic (exact) mass is 213 g/mol. The van der Waals surface area contributed by atoms with Gasteiger partial charge in [-0.25, -0.2) is 4.98 Å². The Morgan fingerprint density at radius 2 is 2.08 bits per heavy atom. The first kappa shape index (κ1) is 10.3. The molecule has 0 aliphatic heterocycles. The van der Waals surface area contributed by atoms with Crippen molar-refractivity contribution in [1.29, 1.82) is 0 Å². The fourth-order valence-electron chi connectivity index (χ4n) is 1.09. The number of alkyl halides is 1. The Hall–Kier alpha value is -0.790. The van der Waals surface area contributed by atoms with E-state index in [0.29, 0.717) is 11.0 Å². The Morgan fingerprint density at radius 3 is 2.54 bits per heavy atom. The van der Waals surface area contributed by atoms with Crippen molar-refractivity contribution in [2.24, 2.45) is 0 Å². The zero-order valence-electron chi connectivity index (χ0n) is 7.06. The minimum atomic E-state index is 0.328. The van der Waals surface area contributed by atoms with Crippen LogP contribution in [0.25, 0.3) is 12.2 Å². The van der Waals surface area contributed by atoms with Gasteiger partial charge in [-0.3, -0.25) is 0 Å². The molecule has 3 heteroatoms. The van der Waals surface area contributed by atoms with Gasteiger partial charge >= 0.3 is 0 Å². The number of rotatable bonds is 3. The van der Waals surface area contributed by atoms with Crippen LogP contribution < -0.4 is 0 Å². The fourth-order valence-corrected chi connectivity index (χ4v) is 1.65. The lowest BCUT2D eigenvalue weighted by Crippen LogP contribution is -1.93. The summed E-state index contributed by atoms with van der Waals surface area (Å²) in [6.45, 7) is 7.37. The van der Waals surface area contributed by atoms with Crippen molar-refractivity contribution in [2.75, 3.05) is 0 Å². The lowest BCUT2D eigenvalue weighted by molar-refractivity contribution is 1.22. The van der Waals surface area contributed by atoms with Crippen molar-refractivity contribution >= 4 is 35.4 Å². The van der Waals surface area contributed by atoms with Crippen LogP contribution in [-0.4, -0.2) is 4.98 Å². The van der Waals surface area contributed by atoms with Crippen LogP contribution in [-0.2, 0) is 5.88 Å². The zero-order valence-corrected chi connectivity index (χ0v) is 8.57. The number of halogens is 2. The van der Waals surface area contributed by atoms with Gasteiger partial charge in [-0.05, 0) is 11.1 Å². The van der Waals surface area contributed by atoms with Crippen LogP contribution in [0, 0.1) is 0 Å². The molecule has 0 saturated carbocycles. The predicted molar refractivity (Wildman–Crippen MR) is 59.0 cm³/mol. The van der Waals surface area contributed by atoms with Crippen molar-refractivity contribution in [3.63, 3.8) is 0 Å². The van der Waals surface area contributed by atoms with Crippen LogP contribution in [0.4, 0.5) is 0 Å². The molecule has 1 aromatic rings. The zero-order chi connectivity index (χ0) is 9.84. The van der Waals surface area contributed by atoms with E-state index in [1.165, 1.54) is 0 Å². The molecule has 1 nitrogen and oxygen atoms in total. The normalized spacial score (nSPS) is 9.69. The van der Waals surface area contributed by atoms with Gasteiger partial charge < -0.3 is 0 Å². The molecule has 0 atom stereocenters. The van der Waals surface area contributed by atoms with Gasteiger partial charge in [0.05, 0.1) is 5.88 Å². The highest BCUT2D eigenvalue weighted by Crippen LogP contribution is 2.24. The molecule has 0 saturated heterocycles. The number of nitrogens with zero attached hydrogens (tertiary/aromatic N) is 1. The Kier molecular flexibility index (Phi) is 3.52. The van der Waals surface area contributed by atoms with E-state index in [1.54, 1.807) is 18.3 Å². The second-order valence-electron chi connectivity index (χ2n) is 2.44. The Morgan fingerprint density at radius 1 is 1.38 bits per heavy atom. The third-order valence-corrected chi connectivity index (χ3v) is 2.35. The van der Waals surface area contributed by atoms with E-state index >= 15 is 0 Å². The Labute approximate surface area is 87.7 Å². The number of pyridine rings is 1. The molecule has 68 valence electrons. The minimum absolute atomic E-state index is 0.328. The van der Waals surface area contributed by atoms with Gasteiger partial charge in [0.25, 0.3) is 0 Å². The van der Waals surface area contributed by atoms with Crippen LogP contribution in [0.2, 0.25) is 5.15 Å². The van der Waals surface area contributed by atoms with Gasteiger partial charge in [0.15, 0.2) is 0 Å². The van der Waals surface area contributed by atoms with Crippen LogP contribution in [0.15, 0.2) is 19.4 Å². The molecule has 13 heavy (non-hydrogen) atoms. The second kappa shape index (κ2) is 4.45. The summed E-state index contributed by atoms with van der Waals surface area (Å²) < 4.78 is 0. The molecule has 1 heterocycles. The third-order valence-electron chi connectivity index (χ3n) is 1.76. The van der Waals surface area contributed by atoms with E-state index in [1.807, 2.05) is 0 Å². The van der Waals surface area contributed by atoms with E-state index < -0.39 is 0 Å². The summed E-state index contributed by atoms with van der Waals surface area (Å²) in [5.41, 5.74) is 2.61. The average Bonchev–Trinajstić information content (AvgIpc) is 2.17. The summed E-state index contributed by atoms with van der Waals surface area (Å²) in [6, 6.07) is 0. The molecule has 0 bridgehead atoms. The Balaban J connectivity index is 3.44. The van der Waals surface area contributed by atoms with Gasteiger partial charge in [0, 0.05) is 11.8 Å². The topological polar surface area (TPSA) is 12.9 Å². The fraction of sp³-hybridized carbons (Fsp3) is 0.100. The number of hydrogen-bond donors (Lipinski definition) is 0. The van der Waals surface area contributed by atoms with Gasteiger partial charge in [-0.2, -0.15) is 0 Å². The molecule has 0 aliphatic rings. The van der Waals surface area contributed by atoms with Gasteiger partial charge in [-0.15, -0.1) is 11.6 Å². The lowest BCUT2D eigenvalue weighted by Gasteiger charge is -2.07. The second-order valence-corrected chi connectivity index (χ2v) is 3.06. The lowest BCUT2D eigenvalue weighted by atomic mass is 10.1. The molecule has 0 fully saturated rings. The molecule has 0 spiro atoms. The van der Waals surface area contributed by atoms with Crippen LogP contribution in [0.3, 0.4) is 0 Å². The smallest absolute Gasteiger partial charge is 0.134 e. The minimum Gasteiger partial charge on any atom is -0.244 e. The van der Waals surface area contributed by atoms with Gasteiger partial charge in [0.2, 0.25) is 0 Å². The molecule has 0 N–H and O–H groups in total. The van der Waals surface area contributed by atoms with E-state index in [-0.39, 0.29) is 0 Å². The molecule has 0 aromatic carbocycles. The molecule has 0 amide bonds. The van der Waals surface area contributed by atoms with E-state index in [2.05, 4.69) is 18.1 Å². The molecule has 0 radical (unpaired) electrons. The molecular formula is C10H9Cl2N. The number of aromatic nitrogens is 1. The van der Waals surface area contributed by atoms with Crippen LogP contribution in [0.5, 0.6) is 0 Å². The summed E-state index contributed by atoms with van der Waals surface area (Å²) in [5.74, 6) is 0.328. The highest BCUT2D eigenvalue weighted by Gasteiger charge is 2.07. The van der Waals surface area contributed by atoms with Crippen molar-refractivity contribution < 1.29 is 0 Å². The third kappa shape index (κ3) is 1.93. The van der Waals surface area contributed by atoms with Crippen molar-refractivity contribution in [3.8, 4) is 0 Å². The largest absolute Gasteiger partial charge is 0.244 e. The van der Waals surface area contributed by atoms with Gasteiger partial charge in [0.1, 0.15) is 5.15 Å². The summed E-state index contributed by atoms with van der Waals surface area (Å²) >= 11 is 11.6. The molecule has 0 aliphatic carbocycles. The van der Waals surface area contributed by atoms with Crippen molar-refractivity contribution in [2.45, 2.75) is 5.88 Å². The predicted octanol–water partition coefficient (Wildman–Crippen LogP) is 3.76. The number of hydrogen-bond acceptors (Lipinski definition) is 1. The molecular weight excluding hydrogens is 205 g/mol. The summed E-state index contributed by atoms with van der Waals surface area (Å²) in [5, 5.41) is 0.426. The molecule has 1 aromatic heterocycles. The van der Waals surface area contributed by atoms with Crippen molar-refractivity contribution in [3.05, 3.63) is 41.2 Å². The first-order chi connectivity index (χ1) is 6.24. The summed E-state index contributed by atoms with van der Waals surface area (Å²) in [6.07, 6.45) is 5.07. The first-order valence-electron chi connectivity index (χ1n) is 3.72. The van der Waals surface area contributed by atoms with E-state index in [0.717, 1.165) is 16.7 Å². The highest BCUT2D eigenvalue weighted by molar-refractivity contribution is 6.31. The summed E-state index contributed by atoms with van der Waals surface area (Å²) in [4.78, 5) is 3.99. The molecule has 1 rings (SSSR count). The van der Waals surface area contributed by atoms with Gasteiger partial charge in [-0.1, -0.05) is 36.9 Å². The maximum atomic E-state index is 5.86.